The molecule has 0 amide bonds. The largest absolute Gasteiger partial charge is 0.481 e. The number of benzene rings is 2. The molecule has 0 radical (unpaired) electrons. The number of nitrogens with zero attached hydrogens (tertiary/aromatic N) is 1. The summed E-state index contributed by atoms with van der Waals surface area (Å²) in [6, 6.07) is 14.9. The van der Waals surface area contributed by atoms with Crippen molar-refractivity contribution < 1.29 is 14.7 Å². The van der Waals surface area contributed by atoms with Gasteiger partial charge in [-0.2, -0.15) is 0 Å². The highest BCUT2D eigenvalue weighted by Crippen LogP contribution is 2.28. The minimum Gasteiger partial charge on any atom is -0.481 e. The molecule has 1 fully saturated rings. The summed E-state index contributed by atoms with van der Waals surface area (Å²) in [6.45, 7) is 1.21. The van der Waals surface area contributed by atoms with Gasteiger partial charge < -0.3 is 15.6 Å². The molecule has 0 spiro atoms. The second-order valence-corrected chi connectivity index (χ2v) is 6.84. The average molecular weight is 365 g/mol. The van der Waals surface area contributed by atoms with Crippen molar-refractivity contribution in [2.75, 3.05) is 13.1 Å². The molecule has 1 aliphatic heterocycles. The Hall–Kier alpha value is -2.99. The Morgan fingerprint density at radius 2 is 1.59 bits per heavy atom. The van der Waals surface area contributed by atoms with Gasteiger partial charge in [-0.05, 0) is 42.6 Å². The maximum Gasteiger partial charge on any atom is 0.306 e. The predicted octanol–water partition coefficient (Wildman–Crippen LogP) is 2.67. The molecule has 2 aromatic carbocycles. The third-order valence-corrected chi connectivity index (χ3v) is 5.18. The predicted molar refractivity (Wildman–Crippen MR) is 104 cm³/mol. The van der Waals surface area contributed by atoms with E-state index in [2.05, 4.69) is 0 Å². The number of nitrogens with one attached hydrogen (secondary N) is 1. The van der Waals surface area contributed by atoms with Crippen molar-refractivity contribution in [1.29, 1.82) is 5.41 Å². The molecule has 140 valence electrons. The van der Waals surface area contributed by atoms with Crippen LogP contribution in [0.3, 0.4) is 0 Å². The lowest BCUT2D eigenvalue weighted by Gasteiger charge is -2.34. The monoisotopic (exact) mass is 365 g/mol. The van der Waals surface area contributed by atoms with Crippen LogP contribution in [0.1, 0.15) is 30.0 Å². The van der Waals surface area contributed by atoms with Gasteiger partial charge in [0.2, 0.25) is 0 Å². The Labute approximate surface area is 158 Å². The Morgan fingerprint density at radius 1 is 1.07 bits per heavy atom. The molecule has 0 bridgehead atoms. The number of nitrogen functional groups attached to an aromatic ring is 1. The summed E-state index contributed by atoms with van der Waals surface area (Å²) in [5.74, 6) is -1.02. The van der Waals surface area contributed by atoms with Crippen LogP contribution < -0.4 is 5.73 Å². The van der Waals surface area contributed by atoms with E-state index in [4.69, 9.17) is 16.2 Å². The number of amidine groups is 1. The smallest absolute Gasteiger partial charge is 0.306 e. The third-order valence-electron chi connectivity index (χ3n) is 5.18. The third kappa shape index (κ3) is 4.23. The summed E-state index contributed by atoms with van der Waals surface area (Å²) >= 11 is 0. The molecular formula is C21H23N3O3. The number of carboxylic acid groups (broad SMARTS) is 1. The summed E-state index contributed by atoms with van der Waals surface area (Å²) in [5, 5.41) is 16.6. The first-order valence-corrected chi connectivity index (χ1v) is 8.96. The van der Waals surface area contributed by atoms with Gasteiger partial charge in [0.05, 0.1) is 12.0 Å². The second-order valence-electron chi connectivity index (χ2n) is 6.84. The number of carbonyl (C=O) groups is 2. The SMILES string of the molecule is N=C(N)c1ccc(-c2ccc(C(C=O)N3CCC(C(=O)O)CC3)cc2)cc1. The standard InChI is InChI=1S/C21H23N3O3/c22-20(23)17-7-3-15(4-8-17)14-1-5-16(6-2-14)19(13-25)24-11-9-18(10-12-24)21(26)27/h1-8,13,18-19H,9-12H2,(H3,22,23)(H,26,27). The van der Waals surface area contributed by atoms with Gasteiger partial charge in [0, 0.05) is 5.56 Å². The summed E-state index contributed by atoms with van der Waals surface area (Å²) in [6.07, 6.45) is 2.07. The van der Waals surface area contributed by atoms with Crippen molar-refractivity contribution in [1.82, 2.24) is 4.90 Å². The van der Waals surface area contributed by atoms with Gasteiger partial charge in [-0.25, -0.2) is 0 Å². The van der Waals surface area contributed by atoms with Crippen molar-refractivity contribution in [3.8, 4) is 11.1 Å². The van der Waals surface area contributed by atoms with Crippen LogP contribution >= 0.6 is 0 Å². The molecule has 1 heterocycles. The van der Waals surface area contributed by atoms with Gasteiger partial charge in [-0.1, -0.05) is 48.5 Å². The minimum atomic E-state index is -0.752. The van der Waals surface area contributed by atoms with E-state index in [1.165, 1.54) is 0 Å². The minimum absolute atomic E-state index is 0.0393. The highest BCUT2D eigenvalue weighted by Gasteiger charge is 2.29. The van der Waals surface area contributed by atoms with Crippen molar-refractivity contribution in [2.45, 2.75) is 18.9 Å². The quantitative estimate of drug-likeness (QED) is 0.414. The Morgan fingerprint density at radius 3 is 2.04 bits per heavy atom. The van der Waals surface area contributed by atoms with Crippen LogP contribution in [0.15, 0.2) is 48.5 Å². The molecule has 0 saturated carbocycles. The van der Waals surface area contributed by atoms with E-state index in [-0.39, 0.29) is 17.8 Å². The van der Waals surface area contributed by atoms with Gasteiger partial charge in [0.15, 0.2) is 0 Å². The van der Waals surface area contributed by atoms with E-state index in [9.17, 15) is 9.59 Å². The Balaban J connectivity index is 1.72. The fourth-order valence-electron chi connectivity index (χ4n) is 3.52. The molecule has 0 aromatic heterocycles. The molecule has 1 unspecified atom stereocenters. The number of likely N-dealkylation sites (tertiary alicyclic amines) is 1. The van der Waals surface area contributed by atoms with Crippen molar-refractivity contribution >= 4 is 18.1 Å². The van der Waals surface area contributed by atoms with Crippen molar-refractivity contribution in [2.24, 2.45) is 11.7 Å². The van der Waals surface area contributed by atoms with Gasteiger partial charge in [0.25, 0.3) is 0 Å². The first-order chi connectivity index (χ1) is 13.0. The lowest BCUT2D eigenvalue weighted by molar-refractivity contribution is -0.143. The fourth-order valence-corrected chi connectivity index (χ4v) is 3.52. The highest BCUT2D eigenvalue weighted by atomic mass is 16.4. The van der Waals surface area contributed by atoms with Gasteiger partial charge >= 0.3 is 5.97 Å². The molecule has 4 N–H and O–H groups in total. The average Bonchev–Trinajstić information content (AvgIpc) is 2.69. The van der Waals surface area contributed by atoms with E-state index < -0.39 is 5.97 Å². The molecule has 1 aliphatic rings. The lowest BCUT2D eigenvalue weighted by Crippen LogP contribution is -2.39. The van der Waals surface area contributed by atoms with Crippen LogP contribution in [0, 0.1) is 11.3 Å². The number of aldehydes is 1. The van der Waals surface area contributed by atoms with Crippen LogP contribution in [0.4, 0.5) is 0 Å². The summed E-state index contributed by atoms with van der Waals surface area (Å²) in [4.78, 5) is 24.8. The number of aliphatic carboxylic acids is 1. The van der Waals surface area contributed by atoms with Crippen molar-refractivity contribution in [3.05, 3.63) is 59.7 Å². The van der Waals surface area contributed by atoms with Gasteiger partial charge in [-0.15, -0.1) is 0 Å². The molecule has 0 aliphatic carbocycles. The molecule has 1 saturated heterocycles. The lowest BCUT2D eigenvalue weighted by atomic mass is 9.94. The Bertz CT molecular complexity index is 823. The molecule has 27 heavy (non-hydrogen) atoms. The van der Waals surface area contributed by atoms with E-state index >= 15 is 0 Å². The highest BCUT2D eigenvalue weighted by molar-refractivity contribution is 5.95. The Kier molecular flexibility index (Phi) is 5.66. The number of hydrogen-bond donors (Lipinski definition) is 3. The maximum atomic E-state index is 11.7. The number of nitrogens with two attached hydrogens (primary N) is 1. The van der Waals surface area contributed by atoms with Crippen LogP contribution in [-0.4, -0.2) is 41.2 Å². The fraction of sp³-hybridized carbons (Fsp3) is 0.286. The van der Waals surface area contributed by atoms with Gasteiger partial charge in [0.1, 0.15) is 12.1 Å². The zero-order chi connectivity index (χ0) is 19.4. The zero-order valence-electron chi connectivity index (χ0n) is 15.0. The van der Waals surface area contributed by atoms with Crippen molar-refractivity contribution in [3.63, 3.8) is 0 Å². The first-order valence-electron chi connectivity index (χ1n) is 8.96. The molecule has 1 atom stereocenters. The van der Waals surface area contributed by atoms with Gasteiger partial charge in [-0.3, -0.25) is 15.1 Å². The topological polar surface area (TPSA) is 107 Å². The number of carbonyl (C=O) groups excluding carboxylic acids is 1. The molecule has 2 aromatic rings. The maximum absolute atomic E-state index is 11.7. The summed E-state index contributed by atoms with van der Waals surface area (Å²) in [5.41, 5.74) is 9.09. The molecule has 6 heteroatoms. The summed E-state index contributed by atoms with van der Waals surface area (Å²) in [7, 11) is 0. The van der Waals surface area contributed by atoms with Crippen LogP contribution in [-0.2, 0) is 9.59 Å². The summed E-state index contributed by atoms with van der Waals surface area (Å²) < 4.78 is 0. The number of rotatable bonds is 6. The normalized spacial score (nSPS) is 16.6. The van der Waals surface area contributed by atoms with E-state index in [0.717, 1.165) is 23.0 Å². The van der Waals surface area contributed by atoms with E-state index in [1.54, 1.807) is 0 Å². The molecular weight excluding hydrogens is 342 g/mol. The van der Waals surface area contributed by atoms with E-state index in [1.807, 2.05) is 53.4 Å². The number of hydrogen-bond acceptors (Lipinski definition) is 4. The van der Waals surface area contributed by atoms with E-state index in [0.29, 0.717) is 31.5 Å². The second kappa shape index (κ2) is 8.14. The number of piperidine rings is 1. The molecule has 3 rings (SSSR count). The van der Waals surface area contributed by atoms with Crippen LogP contribution in [0.2, 0.25) is 0 Å². The number of carboxylic acids is 1. The van der Waals surface area contributed by atoms with Crippen LogP contribution in [0.5, 0.6) is 0 Å². The zero-order valence-corrected chi connectivity index (χ0v) is 15.0. The van der Waals surface area contributed by atoms with Crippen LogP contribution in [0.25, 0.3) is 11.1 Å². The first kappa shape index (κ1) is 18.8. The molecule has 6 nitrogen and oxygen atoms in total.